The smallest absolute Gasteiger partial charge is 0.0710 e. The highest BCUT2D eigenvalue weighted by Gasteiger charge is 2.16. The third kappa shape index (κ3) is 6.27. The quantitative estimate of drug-likeness (QED) is 0.0950. The van der Waals surface area contributed by atoms with Gasteiger partial charge in [-0.25, -0.2) is 0 Å². The van der Waals surface area contributed by atoms with Crippen LogP contribution in [0.5, 0.6) is 0 Å². The molecule has 4 aromatic rings. The fourth-order valence-corrected chi connectivity index (χ4v) is 4.36. The zero-order valence-corrected chi connectivity index (χ0v) is 24.1. The number of anilines is 2. The molecule has 4 N–H and O–H groups in total. The van der Waals surface area contributed by atoms with E-state index >= 15 is 0 Å². The number of hydrogen-bond donors (Lipinski definition) is 2. The van der Waals surface area contributed by atoms with Crippen LogP contribution >= 0.6 is 46.6 Å². The Labute approximate surface area is 228 Å². The van der Waals surface area contributed by atoms with Gasteiger partial charge in [0.1, 0.15) is 0 Å². The largest absolute Gasteiger partial charge is 0.399 e. The number of fused-ring (bicyclic) bond motifs is 3. The van der Waals surface area contributed by atoms with E-state index in [9.17, 15) is 0 Å². The molecule has 3 aromatic carbocycles. The van der Waals surface area contributed by atoms with Crippen molar-refractivity contribution in [3.05, 3.63) is 66.4 Å². The Kier molecular flexibility index (Phi) is 11.1. The van der Waals surface area contributed by atoms with E-state index in [1.54, 1.807) is 0 Å². The summed E-state index contributed by atoms with van der Waals surface area (Å²) in [6.07, 6.45) is 3.98. The molecule has 0 atom stereocenters. The van der Waals surface area contributed by atoms with Crippen LogP contribution in [0.25, 0.3) is 32.8 Å². The van der Waals surface area contributed by atoms with Crippen LogP contribution in [0.15, 0.2) is 60.8 Å². The number of benzene rings is 3. The molecule has 0 unspecified atom stereocenters. The summed E-state index contributed by atoms with van der Waals surface area (Å²) >= 11 is 2.15. The fourth-order valence-electron chi connectivity index (χ4n) is 4.36. The maximum Gasteiger partial charge on any atom is 0.0710 e. The van der Waals surface area contributed by atoms with Gasteiger partial charge in [0.15, 0.2) is 0 Å². The van der Waals surface area contributed by atoms with Crippen molar-refractivity contribution in [1.82, 2.24) is 9.88 Å². The van der Waals surface area contributed by atoms with E-state index in [1.807, 2.05) is 35.4 Å². The molecule has 4 nitrogen and oxygen atoms in total. The lowest BCUT2D eigenvalue weighted by atomic mass is 9.89. The third-order valence-corrected chi connectivity index (χ3v) is 6.01. The number of nitrogen functional groups attached to an aromatic ring is 2. The van der Waals surface area contributed by atoms with Crippen molar-refractivity contribution in [2.24, 2.45) is 0 Å². The summed E-state index contributed by atoms with van der Waals surface area (Å²) in [5, 5.41) is 3.27. The van der Waals surface area contributed by atoms with Crippen LogP contribution in [0.4, 0.5) is 11.4 Å². The predicted molar refractivity (Wildman–Crippen MR) is 165 cm³/mol. The maximum atomic E-state index is 6.53. The number of aromatic nitrogens is 1. The molecule has 6 heteroatoms. The molecule has 0 spiro atoms. The molecule has 4 rings (SSSR count). The number of hydrogen-bond acceptors (Lipinski definition) is 4. The Morgan fingerprint density at radius 3 is 2.27 bits per heavy atom. The zero-order valence-electron chi connectivity index (χ0n) is 19.6. The van der Waals surface area contributed by atoms with Gasteiger partial charge in [0.2, 0.25) is 0 Å². The van der Waals surface area contributed by atoms with Crippen LogP contribution in [0.2, 0.25) is 0 Å². The number of nitrogens with two attached hydrogens (primary N) is 2. The molecular formula is C27H34I2N4. The molecule has 0 radical (unpaired) electrons. The third-order valence-electron chi connectivity index (χ3n) is 6.01. The molecule has 0 aliphatic rings. The summed E-state index contributed by atoms with van der Waals surface area (Å²) in [6, 6.07) is 18.6. The molecule has 176 valence electrons. The Morgan fingerprint density at radius 2 is 1.61 bits per heavy atom. The van der Waals surface area contributed by atoms with E-state index in [2.05, 4.69) is 76.7 Å². The van der Waals surface area contributed by atoms with E-state index in [4.69, 9.17) is 11.5 Å². The Bertz CT molecular complexity index is 1180. The van der Waals surface area contributed by atoms with Gasteiger partial charge in [-0.05, 0) is 83.7 Å². The average Bonchev–Trinajstić information content (AvgIpc) is 2.84. The maximum absolute atomic E-state index is 6.53. The standard InChI is InChI=1S/C26H30N4.CH3I.HI/c1-3-30(4-2)14-8-11-20-21(18-9-6-5-7-10-18)16-24(28)23-17-29-25-13-12-19(27)15-22(25)26(20)23;1-2;/h5-7,9-10,12-13,15-17H,3-4,8,11,14,27-28H2,1-2H3;1H3;1H. The first-order chi connectivity index (χ1) is 15.6. The molecule has 0 fully saturated rings. The number of nitrogens with zero attached hydrogens (tertiary/aromatic N) is 2. The van der Waals surface area contributed by atoms with Crippen LogP contribution in [0, 0.1) is 0 Å². The number of alkyl halides is 1. The van der Waals surface area contributed by atoms with Gasteiger partial charge in [0.25, 0.3) is 0 Å². The summed E-state index contributed by atoms with van der Waals surface area (Å²) in [5.41, 5.74) is 18.9. The highest BCUT2D eigenvalue weighted by Crippen LogP contribution is 2.38. The first-order valence-electron chi connectivity index (χ1n) is 11.2. The second kappa shape index (κ2) is 13.3. The van der Waals surface area contributed by atoms with Gasteiger partial charge >= 0.3 is 0 Å². The zero-order chi connectivity index (χ0) is 23.1. The lowest BCUT2D eigenvalue weighted by molar-refractivity contribution is 0.300. The minimum Gasteiger partial charge on any atom is -0.399 e. The fraction of sp³-hybridized carbons (Fsp3) is 0.296. The van der Waals surface area contributed by atoms with Crippen LogP contribution in [-0.2, 0) is 6.42 Å². The van der Waals surface area contributed by atoms with E-state index in [0.29, 0.717) is 0 Å². The molecule has 0 saturated heterocycles. The van der Waals surface area contributed by atoms with Gasteiger partial charge in [0.05, 0.1) is 5.52 Å². The second-order valence-corrected chi connectivity index (χ2v) is 7.81. The van der Waals surface area contributed by atoms with Crippen molar-refractivity contribution >= 4 is 79.6 Å². The van der Waals surface area contributed by atoms with E-state index < -0.39 is 0 Å². The number of aryl methyl sites for hydroxylation is 1. The molecule has 0 bridgehead atoms. The van der Waals surface area contributed by atoms with E-state index in [-0.39, 0.29) is 24.0 Å². The van der Waals surface area contributed by atoms with Gasteiger partial charge in [-0.15, -0.1) is 24.0 Å². The monoisotopic (exact) mass is 668 g/mol. The predicted octanol–water partition coefficient (Wildman–Crippen LogP) is 7.16. The van der Waals surface area contributed by atoms with Crippen LogP contribution in [0.3, 0.4) is 0 Å². The summed E-state index contributed by atoms with van der Waals surface area (Å²) in [5.74, 6) is 0. The van der Waals surface area contributed by atoms with Crippen molar-refractivity contribution in [3.8, 4) is 11.1 Å². The van der Waals surface area contributed by atoms with E-state index in [0.717, 1.165) is 60.1 Å². The lowest BCUT2D eigenvalue weighted by Crippen LogP contribution is -2.24. The number of rotatable bonds is 7. The molecule has 1 heterocycles. The molecule has 0 amide bonds. The van der Waals surface area contributed by atoms with Crippen molar-refractivity contribution in [2.75, 3.05) is 36.0 Å². The summed E-state index contributed by atoms with van der Waals surface area (Å²) in [7, 11) is 0. The topological polar surface area (TPSA) is 68.2 Å². The van der Waals surface area contributed by atoms with Gasteiger partial charge in [-0.1, -0.05) is 66.8 Å². The van der Waals surface area contributed by atoms with Crippen molar-refractivity contribution in [3.63, 3.8) is 0 Å². The molecule has 0 aliphatic carbocycles. The summed E-state index contributed by atoms with van der Waals surface area (Å²) in [4.78, 5) is 9.09. The minimum absolute atomic E-state index is 0. The average molecular weight is 668 g/mol. The highest BCUT2D eigenvalue weighted by molar-refractivity contribution is 14.1. The molecule has 0 saturated carbocycles. The van der Waals surface area contributed by atoms with Gasteiger partial charge in [0, 0.05) is 28.3 Å². The van der Waals surface area contributed by atoms with Crippen molar-refractivity contribution in [1.29, 1.82) is 0 Å². The van der Waals surface area contributed by atoms with Crippen LogP contribution < -0.4 is 11.5 Å². The number of pyridine rings is 1. The number of halogens is 2. The van der Waals surface area contributed by atoms with Crippen LogP contribution in [0.1, 0.15) is 25.8 Å². The van der Waals surface area contributed by atoms with Gasteiger partial charge < -0.3 is 16.4 Å². The normalized spacial score (nSPS) is 10.7. The molecular weight excluding hydrogens is 634 g/mol. The second-order valence-electron chi connectivity index (χ2n) is 7.81. The van der Waals surface area contributed by atoms with E-state index in [1.165, 1.54) is 22.1 Å². The molecule has 0 aliphatic heterocycles. The van der Waals surface area contributed by atoms with Crippen molar-refractivity contribution < 1.29 is 0 Å². The first kappa shape index (κ1) is 27.6. The Morgan fingerprint density at radius 1 is 0.909 bits per heavy atom. The highest BCUT2D eigenvalue weighted by atomic mass is 127. The van der Waals surface area contributed by atoms with Gasteiger partial charge in [-0.2, -0.15) is 0 Å². The van der Waals surface area contributed by atoms with Crippen molar-refractivity contribution in [2.45, 2.75) is 26.7 Å². The lowest BCUT2D eigenvalue weighted by Gasteiger charge is -2.20. The van der Waals surface area contributed by atoms with Gasteiger partial charge in [-0.3, -0.25) is 4.98 Å². The SMILES string of the molecule is CCN(CC)CCCc1c(-c2ccccc2)cc(N)c2cnc3ccc(N)cc3c12.CI.I. The summed E-state index contributed by atoms with van der Waals surface area (Å²) < 4.78 is 0. The minimum atomic E-state index is 0. The van der Waals surface area contributed by atoms with Crippen LogP contribution in [-0.4, -0.2) is 34.4 Å². The Balaban J connectivity index is 0.00000125. The Hall–Kier alpha value is -1.65. The summed E-state index contributed by atoms with van der Waals surface area (Å²) in [6.45, 7) is 7.68. The molecule has 1 aromatic heterocycles. The molecule has 33 heavy (non-hydrogen) atoms. The first-order valence-corrected chi connectivity index (χ1v) is 13.3.